The van der Waals surface area contributed by atoms with Crippen LogP contribution in [0.3, 0.4) is 0 Å². The summed E-state index contributed by atoms with van der Waals surface area (Å²) in [5.74, 6) is 5.26. The molecule has 0 unspecified atom stereocenters. The molecule has 80 valence electrons. The van der Waals surface area contributed by atoms with Gasteiger partial charge in [-0.25, -0.2) is 0 Å². The molecule has 3 nitrogen and oxygen atoms in total. The average molecular weight is 211 g/mol. The predicted molar refractivity (Wildman–Crippen MR) is 66.7 cm³/mol. The Labute approximate surface area is 95.0 Å². The predicted octanol–water partition coefficient (Wildman–Crippen LogP) is 1.94. The van der Waals surface area contributed by atoms with Crippen molar-refractivity contribution in [2.24, 2.45) is 5.73 Å². The number of rotatable bonds is 3. The summed E-state index contributed by atoms with van der Waals surface area (Å²) in [7, 11) is 0. The number of nitrogens with two attached hydrogens (primary N) is 1. The summed E-state index contributed by atoms with van der Waals surface area (Å²) in [5, 5.41) is 15.2. The van der Waals surface area contributed by atoms with Gasteiger partial charge in [0, 0.05) is 0 Å². The van der Waals surface area contributed by atoms with Crippen LogP contribution in [0.25, 0.3) is 0 Å². The van der Waals surface area contributed by atoms with Crippen LogP contribution in [0.1, 0.15) is 12.5 Å². The minimum absolute atomic E-state index is 0.116. The van der Waals surface area contributed by atoms with Gasteiger partial charge in [-0.05, 0) is 18.6 Å². The lowest BCUT2D eigenvalue weighted by molar-refractivity contribution is 1.43. The first-order chi connectivity index (χ1) is 7.65. The van der Waals surface area contributed by atoms with Crippen LogP contribution in [0.5, 0.6) is 0 Å². The first-order valence-corrected chi connectivity index (χ1v) is 4.78. The standard InChI is InChI=1S/C13H13N3/c1-2-6-11(13(15)16)9-12(14)10-7-4-3-5-8-10/h3-5,7-9,14H,1H3,(H3,15,16)/b11-9-,14-12?. The van der Waals surface area contributed by atoms with Crippen LogP contribution in [0.15, 0.2) is 42.0 Å². The van der Waals surface area contributed by atoms with E-state index in [1.165, 1.54) is 6.08 Å². The molecule has 1 aromatic rings. The molecule has 0 bridgehead atoms. The van der Waals surface area contributed by atoms with Crippen molar-refractivity contribution in [3.63, 3.8) is 0 Å². The third kappa shape index (κ3) is 3.10. The van der Waals surface area contributed by atoms with Gasteiger partial charge in [0.2, 0.25) is 0 Å². The summed E-state index contributed by atoms with van der Waals surface area (Å²) in [6.07, 6.45) is 1.51. The highest BCUT2D eigenvalue weighted by Crippen LogP contribution is 2.03. The molecule has 0 radical (unpaired) electrons. The van der Waals surface area contributed by atoms with E-state index in [-0.39, 0.29) is 5.84 Å². The minimum Gasteiger partial charge on any atom is -0.383 e. The zero-order valence-electron chi connectivity index (χ0n) is 9.04. The maximum atomic E-state index is 7.84. The molecule has 0 heterocycles. The van der Waals surface area contributed by atoms with E-state index in [9.17, 15) is 0 Å². The number of benzene rings is 1. The molecule has 16 heavy (non-hydrogen) atoms. The molecule has 1 rings (SSSR count). The summed E-state index contributed by atoms with van der Waals surface area (Å²) >= 11 is 0. The smallest absolute Gasteiger partial charge is 0.131 e. The first-order valence-electron chi connectivity index (χ1n) is 4.78. The summed E-state index contributed by atoms with van der Waals surface area (Å²) in [4.78, 5) is 0. The molecule has 0 aliphatic carbocycles. The Hall–Kier alpha value is -2.34. The van der Waals surface area contributed by atoms with Crippen LogP contribution in [0.4, 0.5) is 0 Å². The normalized spacial score (nSPS) is 10.2. The monoisotopic (exact) mass is 211 g/mol. The molecular weight excluding hydrogens is 198 g/mol. The first kappa shape index (κ1) is 11.7. The highest BCUT2D eigenvalue weighted by atomic mass is 14.7. The molecule has 0 amide bonds. The van der Waals surface area contributed by atoms with Gasteiger partial charge in [0.1, 0.15) is 5.84 Å². The van der Waals surface area contributed by atoms with Crippen LogP contribution in [-0.2, 0) is 0 Å². The van der Waals surface area contributed by atoms with Crippen molar-refractivity contribution in [1.29, 1.82) is 10.8 Å². The number of amidine groups is 1. The van der Waals surface area contributed by atoms with E-state index < -0.39 is 0 Å². The van der Waals surface area contributed by atoms with Crippen LogP contribution in [0.2, 0.25) is 0 Å². The maximum Gasteiger partial charge on any atom is 0.131 e. The van der Waals surface area contributed by atoms with Gasteiger partial charge in [-0.2, -0.15) is 0 Å². The Morgan fingerprint density at radius 3 is 2.38 bits per heavy atom. The fourth-order valence-corrected chi connectivity index (χ4v) is 1.16. The Bertz CT molecular complexity index is 487. The van der Waals surface area contributed by atoms with Crippen molar-refractivity contribution in [3.05, 3.63) is 47.5 Å². The molecule has 3 heteroatoms. The quantitative estimate of drug-likeness (QED) is 0.399. The zero-order valence-corrected chi connectivity index (χ0v) is 9.04. The molecule has 0 spiro atoms. The summed E-state index contributed by atoms with van der Waals surface area (Å²) < 4.78 is 0. The van der Waals surface area contributed by atoms with E-state index in [4.69, 9.17) is 16.6 Å². The van der Waals surface area contributed by atoms with Gasteiger partial charge in [0.05, 0.1) is 11.3 Å². The minimum atomic E-state index is -0.116. The second-order valence-corrected chi connectivity index (χ2v) is 3.13. The van der Waals surface area contributed by atoms with E-state index in [2.05, 4.69) is 11.8 Å². The lowest BCUT2D eigenvalue weighted by Crippen LogP contribution is -2.13. The molecule has 0 aliphatic heterocycles. The summed E-state index contributed by atoms with van der Waals surface area (Å²) in [5.41, 5.74) is 6.81. The van der Waals surface area contributed by atoms with Crippen molar-refractivity contribution in [2.45, 2.75) is 6.92 Å². The maximum absolute atomic E-state index is 7.84. The van der Waals surface area contributed by atoms with Crippen LogP contribution >= 0.6 is 0 Å². The number of hydrogen-bond donors (Lipinski definition) is 3. The van der Waals surface area contributed by atoms with Crippen molar-refractivity contribution in [3.8, 4) is 11.8 Å². The largest absolute Gasteiger partial charge is 0.383 e. The van der Waals surface area contributed by atoms with Gasteiger partial charge in [-0.3, -0.25) is 5.41 Å². The fourth-order valence-electron chi connectivity index (χ4n) is 1.16. The van der Waals surface area contributed by atoms with E-state index >= 15 is 0 Å². The van der Waals surface area contributed by atoms with Gasteiger partial charge >= 0.3 is 0 Å². The van der Waals surface area contributed by atoms with Gasteiger partial charge in [-0.1, -0.05) is 36.3 Å². The third-order valence-electron chi connectivity index (χ3n) is 1.92. The molecule has 0 fully saturated rings. The van der Waals surface area contributed by atoms with Crippen LogP contribution in [-0.4, -0.2) is 11.5 Å². The van der Waals surface area contributed by atoms with E-state index in [0.29, 0.717) is 11.3 Å². The average Bonchev–Trinajstić information content (AvgIpc) is 2.29. The second-order valence-electron chi connectivity index (χ2n) is 3.13. The van der Waals surface area contributed by atoms with Gasteiger partial charge < -0.3 is 11.1 Å². The Morgan fingerprint density at radius 1 is 1.25 bits per heavy atom. The Morgan fingerprint density at radius 2 is 1.88 bits per heavy atom. The third-order valence-corrected chi connectivity index (χ3v) is 1.92. The highest BCUT2D eigenvalue weighted by molar-refractivity contribution is 6.12. The van der Waals surface area contributed by atoms with Crippen molar-refractivity contribution < 1.29 is 0 Å². The van der Waals surface area contributed by atoms with Crippen molar-refractivity contribution in [2.75, 3.05) is 0 Å². The molecule has 0 aliphatic rings. The molecule has 0 aromatic heterocycles. The van der Waals surface area contributed by atoms with Crippen LogP contribution in [0, 0.1) is 22.7 Å². The molecule has 0 saturated heterocycles. The van der Waals surface area contributed by atoms with Gasteiger partial charge in [-0.15, -0.1) is 5.92 Å². The summed E-state index contributed by atoms with van der Waals surface area (Å²) in [6.45, 7) is 1.67. The number of allylic oxidation sites excluding steroid dienone is 1. The zero-order chi connectivity index (χ0) is 12.0. The highest BCUT2D eigenvalue weighted by Gasteiger charge is 2.01. The van der Waals surface area contributed by atoms with Gasteiger partial charge in [0.15, 0.2) is 0 Å². The van der Waals surface area contributed by atoms with E-state index in [1.54, 1.807) is 6.92 Å². The second kappa shape index (κ2) is 5.52. The lowest BCUT2D eigenvalue weighted by Gasteiger charge is -2.00. The number of nitrogens with one attached hydrogen (secondary N) is 2. The molecule has 4 N–H and O–H groups in total. The van der Waals surface area contributed by atoms with Crippen molar-refractivity contribution >= 4 is 11.5 Å². The van der Waals surface area contributed by atoms with Gasteiger partial charge in [0.25, 0.3) is 0 Å². The number of hydrogen-bond acceptors (Lipinski definition) is 2. The Kier molecular flexibility index (Phi) is 4.05. The van der Waals surface area contributed by atoms with Crippen molar-refractivity contribution in [1.82, 2.24) is 0 Å². The molecule has 0 atom stereocenters. The van der Waals surface area contributed by atoms with E-state index in [1.807, 2.05) is 30.3 Å². The van der Waals surface area contributed by atoms with E-state index in [0.717, 1.165) is 5.56 Å². The van der Waals surface area contributed by atoms with Crippen LogP contribution < -0.4 is 5.73 Å². The molecular formula is C13H13N3. The lowest BCUT2D eigenvalue weighted by atomic mass is 10.1. The fraction of sp³-hybridized carbons (Fsp3) is 0.0769. The Balaban J connectivity index is 3.02. The molecule has 0 saturated carbocycles. The SMILES string of the molecule is CC#C/C(=C/C(=N)c1ccccc1)C(=N)N. The molecule has 1 aromatic carbocycles. The topological polar surface area (TPSA) is 73.7 Å². The summed E-state index contributed by atoms with van der Waals surface area (Å²) in [6, 6.07) is 9.26.